The molecule has 0 saturated heterocycles. The minimum absolute atomic E-state index is 0.0558. The Morgan fingerprint density at radius 3 is 2.92 bits per heavy atom. The van der Waals surface area contributed by atoms with Crippen molar-refractivity contribution in [3.63, 3.8) is 0 Å². The second-order valence-corrected chi connectivity index (χ2v) is 5.51. The second-order valence-electron chi connectivity index (χ2n) is 5.51. The first-order valence-corrected chi connectivity index (χ1v) is 7.73. The lowest BCUT2D eigenvalue weighted by Gasteiger charge is -2.14. The summed E-state index contributed by atoms with van der Waals surface area (Å²) in [6.45, 7) is 2.85. The van der Waals surface area contributed by atoms with E-state index >= 15 is 0 Å². The zero-order valence-corrected chi connectivity index (χ0v) is 13.4. The van der Waals surface area contributed by atoms with Gasteiger partial charge in [-0.1, -0.05) is 18.2 Å². The van der Waals surface area contributed by atoms with E-state index in [1.54, 1.807) is 18.6 Å². The Morgan fingerprint density at radius 1 is 1.33 bits per heavy atom. The first-order valence-electron chi connectivity index (χ1n) is 7.73. The van der Waals surface area contributed by atoms with Crippen LogP contribution in [0.15, 0.2) is 65.8 Å². The summed E-state index contributed by atoms with van der Waals surface area (Å²) >= 11 is 0. The number of hydrogen-bond donors (Lipinski definition) is 1. The van der Waals surface area contributed by atoms with E-state index in [1.165, 1.54) is 6.26 Å². The number of nitrogens with zero attached hydrogens (tertiary/aromatic N) is 2. The molecule has 0 radical (unpaired) electrons. The third-order valence-corrected chi connectivity index (χ3v) is 3.51. The van der Waals surface area contributed by atoms with Crippen LogP contribution in [0.4, 0.5) is 0 Å². The molecule has 1 amide bonds. The minimum atomic E-state index is -0.251. The molecule has 24 heavy (non-hydrogen) atoms. The highest BCUT2D eigenvalue weighted by molar-refractivity contribution is 5.93. The van der Waals surface area contributed by atoms with Crippen molar-refractivity contribution in [2.24, 2.45) is 0 Å². The number of benzene rings is 1. The number of hydrogen-bond acceptors (Lipinski definition) is 4. The molecule has 2 aromatic heterocycles. The van der Waals surface area contributed by atoms with E-state index in [1.807, 2.05) is 48.0 Å². The van der Waals surface area contributed by atoms with Gasteiger partial charge in [-0.2, -0.15) is 0 Å². The number of rotatable bonds is 7. The van der Waals surface area contributed by atoms with Crippen molar-refractivity contribution < 1.29 is 13.9 Å². The van der Waals surface area contributed by atoms with Crippen molar-refractivity contribution in [2.75, 3.05) is 0 Å². The van der Waals surface area contributed by atoms with Gasteiger partial charge in [-0.05, 0) is 25.1 Å². The zero-order valence-electron chi connectivity index (χ0n) is 13.4. The SMILES string of the molecule is C[C@H](Cn1ccnc1)NC(=O)c1occc1COc1ccccc1. The van der Waals surface area contributed by atoms with Gasteiger partial charge in [0.1, 0.15) is 12.4 Å². The Hall–Kier alpha value is -3.02. The summed E-state index contributed by atoms with van der Waals surface area (Å²) in [5, 5.41) is 2.92. The molecule has 6 heteroatoms. The lowest BCUT2D eigenvalue weighted by molar-refractivity contribution is 0.0905. The summed E-state index contributed by atoms with van der Waals surface area (Å²) < 4.78 is 12.9. The molecule has 0 fully saturated rings. The van der Waals surface area contributed by atoms with Crippen molar-refractivity contribution in [1.82, 2.24) is 14.9 Å². The Labute approximate surface area is 140 Å². The molecule has 0 saturated carbocycles. The first-order chi connectivity index (χ1) is 11.7. The molecule has 1 atom stereocenters. The summed E-state index contributed by atoms with van der Waals surface area (Å²) in [6, 6.07) is 11.1. The van der Waals surface area contributed by atoms with Gasteiger partial charge in [0, 0.05) is 30.5 Å². The van der Waals surface area contributed by atoms with E-state index in [-0.39, 0.29) is 24.3 Å². The van der Waals surface area contributed by atoms with Crippen LogP contribution >= 0.6 is 0 Å². The summed E-state index contributed by atoms with van der Waals surface area (Å²) in [5.74, 6) is 0.779. The number of nitrogens with one attached hydrogen (secondary N) is 1. The third-order valence-electron chi connectivity index (χ3n) is 3.51. The lowest BCUT2D eigenvalue weighted by atomic mass is 10.2. The molecule has 0 unspecified atom stereocenters. The van der Waals surface area contributed by atoms with E-state index < -0.39 is 0 Å². The van der Waals surface area contributed by atoms with Gasteiger partial charge in [-0.3, -0.25) is 4.79 Å². The maximum Gasteiger partial charge on any atom is 0.287 e. The molecule has 1 N–H and O–H groups in total. The maximum atomic E-state index is 12.4. The number of carbonyl (C=O) groups excluding carboxylic acids is 1. The van der Waals surface area contributed by atoms with Gasteiger partial charge in [0.15, 0.2) is 5.76 Å². The highest BCUT2D eigenvalue weighted by Crippen LogP contribution is 2.16. The number of aromatic nitrogens is 2. The second kappa shape index (κ2) is 7.50. The Bertz CT molecular complexity index is 766. The molecule has 0 aliphatic heterocycles. The summed E-state index contributed by atoms with van der Waals surface area (Å²) in [5.41, 5.74) is 0.714. The van der Waals surface area contributed by atoms with Crippen LogP contribution in [0, 0.1) is 0 Å². The fourth-order valence-electron chi connectivity index (χ4n) is 2.37. The van der Waals surface area contributed by atoms with Crippen LogP contribution < -0.4 is 10.1 Å². The molecule has 3 aromatic rings. The normalized spacial score (nSPS) is 11.9. The van der Waals surface area contributed by atoms with E-state index in [0.29, 0.717) is 12.1 Å². The van der Waals surface area contributed by atoms with Crippen molar-refractivity contribution in [2.45, 2.75) is 26.1 Å². The molecular formula is C18H19N3O3. The van der Waals surface area contributed by atoms with Crippen LogP contribution in [-0.2, 0) is 13.2 Å². The van der Waals surface area contributed by atoms with E-state index in [9.17, 15) is 4.79 Å². The average Bonchev–Trinajstić information content (AvgIpc) is 3.25. The number of furan rings is 1. The van der Waals surface area contributed by atoms with Crippen molar-refractivity contribution >= 4 is 5.91 Å². The molecule has 0 aliphatic carbocycles. The van der Waals surface area contributed by atoms with Gasteiger partial charge in [0.25, 0.3) is 5.91 Å². The monoisotopic (exact) mass is 325 g/mol. The van der Waals surface area contributed by atoms with Crippen molar-refractivity contribution in [1.29, 1.82) is 0 Å². The molecule has 0 bridgehead atoms. The zero-order chi connectivity index (χ0) is 16.8. The van der Waals surface area contributed by atoms with Gasteiger partial charge in [-0.15, -0.1) is 0 Å². The molecule has 2 heterocycles. The van der Waals surface area contributed by atoms with E-state index in [2.05, 4.69) is 10.3 Å². The molecular weight excluding hydrogens is 306 g/mol. The number of carbonyl (C=O) groups is 1. The Balaban J connectivity index is 1.58. The van der Waals surface area contributed by atoms with Gasteiger partial charge in [0.05, 0.1) is 12.6 Å². The predicted octanol–water partition coefficient (Wildman–Crippen LogP) is 2.87. The van der Waals surface area contributed by atoms with Crippen LogP contribution in [0.1, 0.15) is 23.0 Å². The van der Waals surface area contributed by atoms with Crippen LogP contribution in [-0.4, -0.2) is 21.5 Å². The Kier molecular flexibility index (Phi) is 4.96. The van der Waals surface area contributed by atoms with Crippen LogP contribution in [0.25, 0.3) is 0 Å². The smallest absolute Gasteiger partial charge is 0.287 e. The number of imidazole rings is 1. The Morgan fingerprint density at radius 2 is 2.17 bits per heavy atom. The van der Waals surface area contributed by atoms with Crippen LogP contribution in [0.2, 0.25) is 0 Å². The molecule has 3 rings (SSSR count). The highest BCUT2D eigenvalue weighted by atomic mass is 16.5. The lowest BCUT2D eigenvalue weighted by Crippen LogP contribution is -2.35. The molecule has 0 spiro atoms. The summed E-state index contributed by atoms with van der Waals surface area (Å²) in [6.07, 6.45) is 6.78. The third kappa shape index (κ3) is 4.04. The van der Waals surface area contributed by atoms with Crippen molar-refractivity contribution in [3.8, 4) is 5.75 Å². The van der Waals surface area contributed by atoms with E-state index in [0.717, 1.165) is 5.75 Å². The number of ether oxygens (including phenoxy) is 1. The van der Waals surface area contributed by atoms with Gasteiger partial charge < -0.3 is 19.0 Å². The average molecular weight is 325 g/mol. The van der Waals surface area contributed by atoms with Crippen LogP contribution in [0.5, 0.6) is 5.75 Å². The largest absolute Gasteiger partial charge is 0.489 e. The van der Waals surface area contributed by atoms with Crippen LogP contribution in [0.3, 0.4) is 0 Å². The number of amides is 1. The fraction of sp³-hybridized carbons (Fsp3) is 0.222. The predicted molar refractivity (Wildman–Crippen MR) is 88.6 cm³/mol. The van der Waals surface area contributed by atoms with Gasteiger partial charge in [0.2, 0.25) is 0 Å². The molecule has 124 valence electrons. The molecule has 6 nitrogen and oxygen atoms in total. The fourth-order valence-corrected chi connectivity index (χ4v) is 2.37. The maximum absolute atomic E-state index is 12.4. The summed E-state index contributed by atoms with van der Waals surface area (Å²) in [4.78, 5) is 16.4. The van der Waals surface area contributed by atoms with Gasteiger partial charge >= 0.3 is 0 Å². The standard InChI is InChI=1S/C18H19N3O3/c1-14(11-21-9-8-19-13-21)20-18(22)17-15(7-10-23-17)12-24-16-5-3-2-4-6-16/h2-10,13-14H,11-12H2,1H3,(H,20,22)/t14-/m1/s1. The van der Waals surface area contributed by atoms with Gasteiger partial charge in [-0.25, -0.2) is 4.98 Å². The molecule has 0 aliphatic rings. The highest BCUT2D eigenvalue weighted by Gasteiger charge is 2.18. The summed E-state index contributed by atoms with van der Waals surface area (Å²) in [7, 11) is 0. The minimum Gasteiger partial charge on any atom is -0.489 e. The van der Waals surface area contributed by atoms with Crippen molar-refractivity contribution in [3.05, 3.63) is 72.7 Å². The molecule has 1 aromatic carbocycles. The number of para-hydroxylation sites is 1. The first kappa shape index (κ1) is 15.9. The van der Waals surface area contributed by atoms with E-state index in [4.69, 9.17) is 9.15 Å². The quantitative estimate of drug-likeness (QED) is 0.725. The topological polar surface area (TPSA) is 69.3 Å².